The number of aryl methyl sites for hydroxylation is 2. The summed E-state index contributed by atoms with van der Waals surface area (Å²) in [7, 11) is 0. The van der Waals surface area contributed by atoms with Gasteiger partial charge in [0.2, 0.25) is 0 Å². The second-order valence-electron chi connectivity index (χ2n) is 6.93. The van der Waals surface area contributed by atoms with Gasteiger partial charge in [-0.05, 0) is 32.3 Å². The second-order valence-corrected chi connectivity index (χ2v) is 6.93. The molecular weight excluding hydrogens is 302 g/mol. The lowest BCUT2D eigenvalue weighted by Gasteiger charge is -2.61. The van der Waals surface area contributed by atoms with E-state index >= 15 is 0 Å². The zero-order valence-electron chi connectivity index (χ0n) is 14.2. The van der Waals surface area contributed by atoms with Gasteiger partial charge in [-0.25, -0.2) is 4.79 Å². The minimum absolute atomic E-state index is 0.113. The largest absolute Gasteiger partial charge is 0.428 e. The van der Waals surface area contributed by atoms with Crippen LogP contribution in [-0.2, 0) is 5.54 Å². The number of aromatic nitrogens is 1. The Kier molecular flexibility index (Phi) is 3.59. The third kappa shape index (κ3) is 2.22. The number of likely N-dealkylation sites (tertiary alicyclic amines) is 1. The number of rotatable bonds is 2. The number of carbonyl (C=O) groups is 1. The van der Waals surface area contributed by atoms with E-state index < -0.39 is 0 Å². The quantitative estimate of drug-likeness (QED) is 0.899. The molecule has 1 aliphatic heterocycles. The van der Waals surface area contributed by atoms with Crippen LogP contribution in [0.2, 0.25) is 0 Å². The molecule has 2 heterocycles. The molecule has 1 N–H and O–H groups in total. The predicted molar refractivity (Wildman–Crippen MR) is 91.8 cm³/mol. The lowest BCUT2D eigenvalue weighted by atomic mass is 9.62. The van der Waals surface area contributed by atoms with Gasteiger partial charge in [-0.3, -0.25) is 5.32 Å². The van der Waals surface area contributed by atoms with Crippen LogP contribution in [-0.4, -0.2) is 22.5 Å². The highest BCUT2D eigenvalue weighted by atomic mass is 16.4. The van der Waals surface area contributed by atoms with E-state index in [-0.39, 0.29) is 17.6 Å². The standard InChI is InChI=1S/C19H23N3O2/c1-13-14(2)24-17(20-13)21-18(23)22-12-16-10-6-7-11-19(16,22)15-8-4-3-5-9-15/h3-5,8-9,16H,6-7,10-12H2,1-2H3,(H,20,21,23). The Hall–Kier alpha value is -2.30. The minimum Gasteiger partial charge on any atom is -0.428 e. The molecule has 2 unspecified atom stereocenters. The van der Waals surface area contributed by atoms with Gasteiger partial charge in [-0.1, -0.05) is 43.2 Å². The summed E-state index contributed by atoms with van der Waals surface area (Å²) in [4.78, 5) is 19.1. The van der Waals surface area contributed by atoms with Crippen molar-refractivity contribution in [2.45, 2.75) is 45.1 Å². The topological polar surface area (TPSA) is 58.4 Å². The number of nitrogens with zero attached hydrogens (tertiary/aromatic N) is 2. The van der Waals surface area contributed by atoms with Gasteiger partial charge in [0.25, 0.3) is 0 Å². The van der Waals surface area contributed by atoms with Crippen LogP contribution in [0.15, 0.2) is 34.7 Å². The van der Waals surface area contributed by atoms with Crippen LogP contribution in [0.25, 0.3) is 0 Å². The van der Waals surface area contributed by atoms with Crippen LogP contribution < -0.4 is 5.32 Å². The molecule has 2 fully saturated rings. The molecule has 0 spiro atoms. The molecule has 1 aromatic heterocycles. The van der Waals surface area contributed by atoms with Crippen molar-refractivity contribution >= 4 is 12.0 Å². The lowest BCUT2D eigenvalue weighted by Crippen LogP contribution is -2.68. The monoisotopic (exact) mass is 325 g/mol. The van der Waals surface area contributed by atoms with Crippen molar-refractivity contribution < 1.29 is 9.21 Å². The molecule has 0 radical (unpaired) electrons. The highest BCUT2D eigenvalue weighted by molar-refractivity contribution is 5.88. The van der Waals surface area contributed by atoms with Crippen molar-refractivity contribution in [2.75, 3.05) is 11.9 Å². The highest BCUT2D eigenvalue weighted by Crippen LogP contribution is 2.53. The number of anilines is 1. The summed E-state index contributed by atoms with van der Waals surface area (Å²) in [5.74, 6) is 1.29. The van der Waals surface area contributed by atoms with E-state index in [9.17, 15) is 4.79 Å². The number of carbonyl (C=O) groups excluding carboxylic acids is 1. The fourth-order valence-corrected chi connectivity index (χ4v) is 4.31. The number of urea groups is 1. The van der Waals surface area contributed by atoms with Crippen LogP contribution in [0.5, 0.6) is 0 Å². The maximum atomic E-state index is 12.9. The van der Waals surface area contributed by atoms with Crippen LogP contribution in [0.1, 0.15) is 42.7 Å². The van der Waals surface area contributed by atoms with Crippen LogP contribution in [0, 0.1) is 19.8 Å². The molecule has 2 atom stereocenters. The average molecular weight is 325 g/mol. The molecular formula is C19H23N3O2. The molecule has 126 valence electrons. The number of oxazole rings is 1. The first-order chi connectivity index (χ1) is 11.6. The Labute approximate surface area is 142 Å². The Morgan fingerprint density at radius 1 is 1.29 bits per heavy atom. The van der Waals surface area contributed by atoms with Crippen molar-refractivity contribution in [3.8, 4) is 0 Å². The van der Waals surface area contributed by atoms with Gasteiger partial charge in [0.05, 0.1) is 11.2 Å². The van der Waals surface area contributed by atoms with E-state index in [2.05, 4.69) is 34.6 Å². The van der Waals surface area contributed by atoms with Crippen LogP contribution in [0.4, 0.5) is 10.8 Å². The van der Waals surface area contributed by atoms with Crippen molar-refractivity contribution in [1.82, 2.24) is 9.88 Å². The molecule has 1 aromatic carbocycles. The average Bonchev–Trinajstić information content (AvgIpc) is 2.87. The molecule has 1 saturated carbocycles. The van der Waals surface area contributed by atoms with Crippen LogP contribution in [0.3, 0.4) is 0 Å². The summed E-state index contributed by atoms with van der Waals surface area (Å²) < 4.78 is 5.51. The summed E-state index contributed by atoms with van der Waals surface area (Å²) in [6, 6.07) is 10.6. The van der Waals surface area contributed by atoms with E-state index in [0.717, 1.165) is 30.8 Å². The van der Waals surface area contributed by atoms with Crippen molar-refractivity contribution in [3.05, 3.63) is 47.3 Å². The second kappa shape index (κ2) is 5.65. The van der Waals surface area contributed by atoms with Crippen molar-refractivity contribution in [3.63, 3.8) is 0 Å². The van der Waals surface area contributed by atoms with Gasteiger partial charge in [0.1, 0.15) is 5.76 Å². The Balaban J connectivity index is 1.61. The van der Waals surface area contributed by atoms with E-state index in [1.54, 1.807) is 0 Å². The Bertz CT molecular complexity index is 736. The fourth-order valence-electron chi connectivity index (χ4n) is 4.31. The summed E-state index contributed by atoms with van der Waals surface area (Å²) in [6.45, 7) is 4.53. The number of hydrogen-bond acceptors (Lipinski definition) is 3. The summed E-state index contributed by atoms with van der Waals surface area (Å²) >= 11 is 0. The third-order valence-electron chi connectivity index (χ3n) is 5.68. The summed E-state index contributed by atoms with van der Waals surface area (Å²) in [5.41, 5.74) is 1.89. The van der Waals surface area contributed by atoms with E-state index in [1.807, 2.05) is 24.8 Å². The van der Waals surface area contributed by atoms with Crippen LogP contribution >= 0.6 is 0 Å². The molecule has 24 heavy (non-hydrogen) atoms. The molecule has 2 aliphatic rings. The molecule has 4 rings (SSSR count). The number of nitrogens with one attached hydrogen (secondary N) is 1. The molecule has 0 bridgehead atoms. The van der Waals surface area contributed by atoms with Gasteiger partial charge in [0.15, 0.2) is 0 Å². The fraction of sp³-hybridized carbons (Fsp3) is 0.474. The summed E-state index contributed by atoms with van der Waals surface area (Å²) in [6.07, 6.45) is 4.63. The first kappa shape index (κ1) is 15.2. The Morgan fingerprint density at radius 2 is 2.08 bits per heavy atom. The third-order valence-corrected chi connectivity index (χ3v) is 5.68. The smallest absolute Gasteiger partial charge is 0.326 e. The lowest BCUT2D eigenvalue weighted by molar-refractivity contribution is -0.0757. The van der Waals surface area contributed by atoms with Gasteiger partial charge in [0, 0.05) is 12.5 Å². The van der Waals surface area contributed by atoms with Gasteiger partial charge in [-0.2, -0.15) is 4.98 Å². The van der Waals surface area contributed by atoms with E-state index in [1.165, 1.54) is 18.4 Å². The maximum absolute atomic E-state index is 12.9. The molecule has 2 amide bonds. The minimum atomic E-state index is -0.166. The first-order valence-electron chi connectivity index (χ1n) is 8.69. The van der Waals surface area contributed by atoms with Gasteiger partial charge in [-0.15, -0.1) is 0 Å². The van der Waals surface area contributed by atoms with E-state index in [4.69, 9.17) is 4.42 Å². The normalized spacial score (nSPS) is 25.8. The molecule has 1 aliphatic carbocycles. The molecule has 5 heteroatoms. The highest BCUT2D eigenvalue weighted by Gasteiger charge is 2.57. The van der Waals surface area contributed by atoms with E-state index in [0.29, 0.717) is 5.92 Å². The number of hydrogen-bond donors (Lipinski definition) is 1. The summed E-state index contributed by atoms with van der Waals surface area (Å²) in [5, 5.41) is 2.84. The molecule has 2 aromatic rings. The Morgan fingerprint density at radius 3 is 2.75 bits per heavy atom. The first-order valence-corrected chi connectivity index (χ1v) is 8.69. The maximum Gasteiger partial charge on any atom is 0.326 e. The zero-order chi connectivity index (χ0) is 16.7. The molecule has 5 nitrogen and oxygen atoms in total. The number of amides is 2. The SMILES string of the molecule is Cc1nc(NC(=O)N2CC3CCCCC32c2ccccc2)oc1C. The zero-order valence-corrected chi connectivity index (χ0v) is 14.2. The molecule has 1 saturated heterocycles. The van der Waals surface area contributed by atoms with Crippen molar-refractivity contribution in [1.29, 1.82) is 0 Å². The van der Waals surface area contributed by atoms with Crippen molar-refractivity contribution in [2.24, 2.45) is 5.92 Å². The number of benzene rings is 1. The van der Waals surface area contributed by atoms with Gasteiger partial charge >= 0.3 is 12.0 Å². The van der Waals surface area contributed by atoms with Gasteiger partial charge < -0.3 is 9.32 Å². The number of fused-ring (bicyclic) bond motifs is 1. The predicted octanol–water partition coefficient (Wildman–Crippen LogP) is 4.22.